The minimum Gasteiger partial charge on any atom is -0.332 e. The molecule has 0 bridgehead atoms. The average Bonchev–Trinajstić information content (AvgIpc) is 3.50. The van der Waals surface area contributed by atoms with Gasteiger partial charge in [0.25, 0.3) is 5.89 Å². The third-order valence-electron chi connectivity index (χ3n) is 4.89. The van der Waals surface area contributed by atoms with Crippen LogP contribution < -0.4 is 5.32 Å². The predicted octanol–water partition coefficient (Wildman–Crippen LogP) is 2.98. The van der Waals surface area contributed by atoms with Crippen LogP contribution in [-0.2, 0) is 6.42 Å². The van der Waals surface area contributed by atoms with Gasteiger partial charge >= 0.3 is 0 Å². The summed E-state index contributed by atoms with van der Waals surface area (Å²) in [7, 11) is 0. The van der Waals surface area contributed by atoms with E-state index in [0.717, 1.165) is 41.6 Å². The van der Waals surface area contributed by atoms with Crippen molar-refractivity contribution in [2.24, 2.45) is 5.92 Å². The van der Waals surface area contributed by atoms with Crippen molar-refractivity contribution >= 4 is 11.3 Å². The zero-order chi connectivity index (χ0) is 18.8. The maximum atomic E-state index is 5.44. The second kappa shape index (κ2) is 7.61. The first-order chi connectivity index (χ1) is 13.8. The summed E-state index contributed by atoms with van der Waals surface area (Å²) in [6.45, 7) is 2.20. The molecule has 0 amide bonds. The summed E-state index contributed by atoms with van der Waals surface area (Å²) >= 11 is 1.66. The standard InChI is InChI=1S/C19H19N7OS/c1-2-16(26-8-7-21-12-26)22-10-14(1)18-24-19(27-25-18)15-11-28-17(23-15)9-13-3-5-20-6-4-13/h1-2,7-8,10-13,20H,3-6,9H2. The normalized spacial score (nSPS) is 15.1. The van der Waals surface area contributed by atoms with Crippen LogP contribution in [0.25, 0.3) is 28.8 Å². The Balaban J connectivity index is 1.31. The minimum absolute atomic E-state index is 0.446. The van der Waals surface area contributed by atoms with Gasteiger partial charge in [0.15, 0.2) is 0 Å². The van der Waals surface area contributed by atoms with Crippen LogP contribution >= 0.6 is 11.3 Å². The fourth-order valence-electron chi connectivity index (χ4n) is 3.35. The molecule has 0 aliphatic carbocycles. The number of nitrogens with one attached hydrogen (secondary N) is 1. The number of nitrogens with zero attached hydrogens (tertiary/aromatic N) is 6. The molecule has 1 fully saturated rings. The zero-order valence-corrected chi connectivity index (χ0v) is 16.0. The number of rotatable bonds is 5. The van der Waals surface area contributed by atoms with Gasteiger partial charge in [-0.1, -0.05) is 5.16 Å². The minimum atomic E-state index is 0.446. The Bertz CT molecular complexity index is 1030. The Morgan fingerprint density at radius 2 is 2.14 bits per heavy atom. The highest BCUT2D eigenvalue weighted by atomic mass is 32.1. The van der Waals surface area contributed by atoms with Crippen LogP contribution in [0.4, 0.5) is 0 Å². The Morgan fingerprint density at radius 1 is 1.21 bits per heavy atom. The van der Waals surface area contributed by atoms with Crippen molar-refractivity contribution in [2.45, 2.75) is 19.3 Å². The first-order valence-electron chi connectivity index (χ1n) is 9.29. The van der Waals surface area contributed by atoms with E-state index in [1.807, 2.05) is 28.3 Å². The number of thiazole rings is 1. The molecular formula is C19H19N7OS. The van der Waals surface area contributed by atoms with Crippen molar-refractivity contribution in [3.63, 3.8) is 0 Å². The third kappa shape index (κ3) is 3.58. The molecule has 8 nitrogen and oxygen atoms in total. The number of hydrogen-bond acceptors (Lipinski definition) is 8. The van der Waals surface area contributed by atoms with Crippen molar-refractivity contribution in [1.82, 2.24) is 35.0 Å². The van der Waals surface area contributed by atoms with Gasteiger partial charge in [-0.05, 0) is 44.0 Å². The molecule has 0 saturated carbocycles. The molecule has 28 heavy (non-hydrogen) atoms. The Kier molecular flexibility index (Phi) is 4.67. The van der Waals surface area contributed by atoms with Crippen LogP contribution in [0.5, 0.6) is 0 Å². The lowest BCUT2D eigenvalue weighted by atomic mass is 9.95. The summed E-state index contributed by atoms with van der Waals surface area (Å²) < 4.78 is 7.28. The van der Waals surface area contributed by atoms with Crippen molar-refractivity contribution in [3.8, 4) is 28.8 Å². The summed E-state index contributed by atoms with van der Waals surface area (Å²) in [6.07, 6.45) is 10.4. The summed E-state index contributed by atoms with van der Waals surface area (Å²) in [4.78, 5) is 17.7. The van der Waals surface area contributed by atoms with Gasteiger partial charge in [0.2, 0.25) is 5.82 Å². The maximum Gasteiger partial charge on any atom is 0.277 e. The van der Waals surface area contributed by atoms with Gasteiger partial charge in [0, 0.05) is 36.0 Å². The van der Waals surface area contributed by atoms with Crippen LogP contribution in [-0.4, -0.2) is 42.7 Å². The molecule has 1 aliphatic rings. The topological polar surface area (TPSA) is 94.6 Å². The van der Waals surface area contributed by atoms with Crippen LogP contribution in [0.15, 0.2) is 47.0 Å². The second-order valence-electron chi connectivity index (χ2n) is 6.82. The Morgan fingerprint density at radius 3 is 2.93 bits per heavy atom. The Labute approximate surface area is 165 Å². The largest absolute Gasteiger partial charge is 0.332 e. The lowest BCUT2D eigenvalue weighted by Gasteiger charge is -2.21. The SMILES string of the molecule is c1cn(-c2ccc(-c3noc(-c4csc(CC5CCNCC5)n4)n3)cn2)cn1. The molecule has 9 heteroatoms. The first kappa shape index (κ1) is 17.2. The number of pyridine rings is 1. The number of imidazole rings is 1. The number of hydrogen-bond donors (Lipinski definition) is 1. The van der Waals surface area contributed by atoms with Gasteiger partial charge in [-0.3, -0.25) is 4.57 Å². The summed E-state index contributed by atoms with van der Waals surface area (Å²) in [5.74, 6) is 2.44. The summed E-state index contributed by atoms with van der Waals surface area (Å²) in [6, 6.07) is 3.81. The molecule has 0 aromatic carbocycles. The lowest BCUT2D eigenvalue weighted by Crippen LogP contribution is -2.28. The van der Waals surface area contributed by atoms with E-state index >= 15 is 0 Å². The third-order valence-corrected chi connectivity index (χ3v) is 5.77. The highest BCUT2D eigenvalue weighted by Gasteiger charge is 2.18. The van der Waals surface area contributed by atoms with Crippen LogP contribution in [0.2, 0.25) is 0 Å². The van der Waals surface area contributed by atoms with Crippen molar-refractivity contribution in [3.05, 3.63) is 47.4 Å². The molecule has 0 atom stereocenters. The molecule has 4 aromatic rings. The highest BCUT2D eigenvalue weighted by molar-refractivity contribution is 7.09. The smallest absolute Gasteiger partial charge is 0.277 e. The average molecular weight is 393 g/mol. The number of aromatic nitrogens is 6. The maximum absolute atomic E-state index is 5.44. The van der Waals surface area contributed by atoms with E-state index in [-0.39, 0.29) is 0 Å². The molecule has 0 radical (unpaired) electrons. The monoisotopic (exact) mass is 393 g/mol. The second-order valence-corrected chi connectivity index (χ2v) is 7.76. The molecule has 1 N–H and O–H groups in total. The predicted molar refractivity (Wildman–Crippen MR) is 105 cm³/mol. The van der Waals surface area contributed by atoms with Gasteiger partial charge in [-0.2, -0.15) is 4.98 Å². The van der Waals surface area contributed by atoms with Crippen LogP contribution in [0, 0.1) is 5.92 Å². The van der Waals surface area contributed by atoms with Crippen molar-refractivity contribution in [2.75, 3.05) is 13.1 Å². The van der Waals surface area contributed by atoms with Crippen molar-refractivity contribution in [1.29, 1.82) is 0 Å². The fourth-order valence-corrected chi connectivity index (χ4v) is 4.23. The van der Waals surface area contributed by atoms with Crippen molar-refractivity contribution < 1.29 is 4.52 Å². The lowest BCUT2D eigenvalue weighted by molar-refractivity contribution is 0.372. The van der Waals surface area contributed by atoms with E-state index in [9.17, 15) is 0 Å². The molecule has 1 aliphatic heterocycles. The molecule has 0 unspecified atom stereocenters. The van der Waals surface area contributed by atoms with E-state index in [4.69, 9.17) is 9.51 Å². The van der Waals surface area contributed by atoms with E-state index < -0.39 is 0 Å². The summed E-state index contributed by atoms with van der Waals surface area (Å²) in [5, 5.41) is 10.6. The Hall–Kier alpha value is -2.91. The van der Waals surface area contributed by atoms with Gasteiger partial charge in [0.1, 0.15) is 17.8 Å². The van der Waals surface area contributed by atoms with E-state index in [2.05, 4.69) is 25.4 Å². The molecule has 142 valence electrons. The van der Waals surface area contributed by atoms with Crippen LogP contribution in [0.3, 0.4) is 0 Å². The zero-order valence-electron chi connectivity index (χ0n) is 15.2. The quantitative estimate of drug-likeness (QED) is 0.557. The highest BCUT2D eigenvalue weighted by Crippen LogP contribution is 2.26. The van der Waals surface area contributed by atoms with Gasteiger partial charge in [-0.15, -0.1) is 11.3 Å². The van der Waals surface area contributed by atoms with Gasteiger partial charge in [-0.25, -0.2) is 15.0 Å². The van der Waals surface area contributed by atoms with E-state index in [1.54, 1.807) is 30.1 Å². The van der Waals surface area contributed by atoms with E-state index in [1.165, 1.54) is 12.8 Å². The van der Waals surface area contributed by atoms with E-state index in [0.29, 0.717) is 17.6 Å². The molecule has 4 aromatic heterocycles. The summed E-state index contributed by atoms with van der Waals surface area (Å²) in [5.41, 5.74) is 1.54. The number of piperidine rings is 1. The van der Waals surface area contributed by atoms with Gasteiger partial charge in [0.05, 0.1) is 5.01 Å². The first-order valence-corrected chi connectivity index (χ1v) is 10.2. The van der Waals surface area contributed by atoms with Crippen LogP contribution in [0.1, 0.15) is 17.8 Å². The molecule has 0 spiro atoms. The molecule has 5 heterocycles. The molecular weight excluding hydrogens is 374 g/mol. The molecule has 1 saturated heterocycles. The molecule has 5 rings (SSSR count). The van der Waals surface area contributed by atoms with Gasteiger partial charge < -0.3 is 9.84 Å². The fraction of sp³-hybridized carbons (Fsp3) is 0.316.